The second-order valence-electron chi connectivity index (χ2n) is 5.57. The van der Waals surface area contributed by atoms with Crippen molar-refractivity contribution >= 4 is 28.2 Å². The van der Waals surface area contributed by atoms with Crippen LogP contribution in [0.3, 0.4) is 0 Å². The van der Waals surface area contributed by atoms with Crippen molar-refractivity contribution in [3.05, 3.63) is 58.7 Å². The summed E-state index contributed by atoms with van der Waals surface area (Å²) in [5, 5.41) is 14.1. The van der Waals surface area contributed by atoms with E-state index in [-0.39, 0.29) is 0 Å². The minimum absolute atomic E-state index is 0.477. The molecule has 0 aliphatic rings. The zero-order valence-corrected chi connectivity index (χ0v) is 15.3. The predicted molar refractivity (Wildman–Crippen MR) is 103 cm³/mol. The SMILES string of the molecule is CCOc1c(Cl)cc(CNc2c(C#N)cnc3ccccc23)cc1OC. The molecule has 5 nitrogen and oxygen atoms in total. The molecule has 0 saturated carbocycles. The van der Waals surface area contributed by atoms with Crippen molar-refractivity contribution < 1.29 is 9.47 Å². The molecule has 0 spiro atoms. The van der Waals surface area contributed by atoms with E-state index >= 15 is 0 Å². The molecular formula is C20H18ClN3O2. The van der Waals surface area contributed by atoms with Gasteiger partial charge in [-0.05, 0) is 30.7 Å². The summed E-state index contributed by atoms with van der Waals surface area (Å²) in [6, 6.07) is 13.6. The molecule has 0 saturated heterocycles. The van der Waals surface area contributed by atoms with Crippen LogP contribution in [0.15, 0.2) is 42.6 Å². The first-order chi connectivity index (χ1) is 12.7. The highest BCUT2D eigenvalue weighted by atomic mass is 35.5. The summed E-state index contributed by atoms with van der Waals surface area (Å²) in [7, 11) is 1.58. The summed E-state index contributed by atoms with van der Waals surface area (Å²) in [5.74, 6) is 1.11. The number of nitriles is 1. The van der Waals surface area contributed by atoms with Gasteiger partial charge in [0.15, 0.2) is 11.5 Å². The van der Waals surface area contributed by atoms with E-state index in [1.807, 2.05) is 43.3 Å². The molecule has 3 rings (SSSR count). The fourth-order valence-corrected chi connectivity index (χ4v) is 3.05. The summed E-state index contributed by atoms with van der Waals surface area (Å²) in [6.07, 6.45) is 1.58. The molecule has 1 heterocycles. The summed E-state index contributed by atoms with van der Waals surface area (Å²) in [4.78, 5) is 4.32. The Kier molecular flexibility index (Phi) is 5.45. The molecule has 0 aliphatic carbocycles. The third-order valence-corrected chi connectivity index (χ3v) is 4.22. The molecule has 1 aromatic heterocycles. The first kappa shape index (κ1) is 17.8. The monoisotopic (exact) mass is 367 g/mol. The Labute approximate surface area is 157 Å². The topological polar surface area (TPSA) is 67.2 Å². The average molecular weight is 368 g/mol. The molecule has 0 atom stereocenters. The standard InChI is InChI=1S/C20H18ClN3O2/c1-3-26-20-16(21)8-13(9-18(20)25-2)11-24-19-14(10-22)12-23-17-7-5-4-6-15(17)19/h4-9,12H,3,11H2,1-2H3,(H,23,24). The molecule has 6 heteroatoms. The third-order valence-electron chi connectivity index (χ3n) is 3.94. The predicted octanol–water partition coefficient (Wildman–Crippen LogP) is 4.78. The van der Waals surface area contributed by atoms with Gasteiger partial charge in [-0.2, -0.15) is 5.26 Å². The van der Waals surface area contributed by atoms with Crippen molar-refractivity contribution in [2.24, 2.45) is 0 Å². The highest BCUT2D eigenvalue weighted by Crippen LogP contribution is 2.37. The van der Waals surface area contributed by atoms with E-state index in [0.29, 0.717) is 35.2 Å². The highest BCUT2D eigenvalue weighted by molar-refractivity contribution is 6.32. The average Bonchev–Trinajstić information content (AvgIpc) is 2.67. The lowest BCUT2D eigenvalue weighted by Gasteiger charge is -2.15. The summed E-state index contributed by atoms with van der Waals surface area (Å²) in [5.41, 5.74) is 2.99. The number of hydrogen-bond acceptors (Lipinski definition) is 5. The van der Waals surface area contributed by atoms with Gasteiger partial charge in [-0.25, -0.2) is 0 Å². The lowest BCUT2D eigenvalue weighted by Crippen LogP contribution is -2.04. The zero-order valence-electron chi connectivity index (χ0n) is 14.5. The number of rotatable bonds is 6. The molecule has 1 N–H and O–H groups in total. The largest absolute Gasteiger partial charge is 0.493 e. The Balaban J connectivity index is 1.94. The van der Waals surface area contributed by atoms with Gasteiger partial charge >= 0.3 is 0 Å². The van der Waals surface area contributed by atoms with Gasteiger partial charge in [0.1, 0.15) is 6.07 Å². The number of halogens is 1. The third kappa shape index (κ3) is 3.51. The Morgan fingerprint density at radius 2 is 2.08 bits per heavy atom. The van der Waals surface area contributed by atoms with Crippen LogP contribution in [-0.4, -0.2) is 18.7 Å². The van der Waals surface area contributed by atoms with E-state index in [2.05, 4.69) is 16.4 Å². The number of ether oxygens (including phenoxy) is 2. The fourth-order valence-electron chi connectivity index (χ4n) is 2.77. The maximum atomic E-state index is 9.41. The number of nitrogens with zero attached hydrogens (tertiary/aromatic N) is 2. The highest BCUT2D eigenvalue weighted by Gasteiger charge is 2.13. The fraction of sp³-hybridized carbons (Fsp3) is 0.200. The molecule has 3 aromatic rings. The Morgan fingerprint density at radius 3 is 2.81 bits per heavy atom. The van der Waals surface area contributed by atoms with Crippen molar-refractivity contribution in [1.82, 2.24) is 4.98 Å². The minimum atomic E-state index is 0.477. The van der Waals surface area contributed by atoms with Crippen LogP contribution in [0, 0.1) is 11.3 Å². The van der Waals surface area contributed by atoms with E-state index in [4.69, 9.17) is 21.1 Å². The normalized spacial score (nSPS) is 10.4. The molecule has 0 amide bonds. The maximum absolute atomic E-state index is 9.41. The molecule has 2 aromatic carbocycles. The van der Waals surface area contributed by atoms with E-state index in [0.717, 1.165) is 22.2 Å². The first-order valence-corrected chi connectivity index (χ1v) is 8.56. The molecule has 0 radical (unpaired) electrons. The van der Waals surface area contributed by atoms with Crippen LogP contribution >= 0.6 is 11.6 Å². The number of methoxy groups -OCH3 is 1. The Bertz CT molecular complexity index is 983. The van der Waals surface area contributed by atoms with Gasteiger partial charge in [-0.3, -0.25) is 4.98 Å². The van der Waals surface area contributed by atoms with Gasteiger partial charge in [0.2, 0.25) is 0 Å². The smallest absolute Gasteiger partial charge is 0.179 e. The lowest BCUT2D eigenvalue weighted by atomic mass is 10.1. The minimum Gasteiger partial charge on any atom is -0.493 e. The zero-order chi connectivity index (χ0) is 18.5. The van der Waals surface area contributed by atoms with Crippen LogP contribution in [0.4, 0.5) is 5.69 Å². The number of fused-ring (bicyclic) bond motifs is 1. The number of pyridine rings is 1. The van der Waals surface area contributed by atoms with Crippen molar-refractivity contribution in [3.63, 3.8) is 0 Å². The summed E-state index contributed by atoms with van der Waals surface area (Å²) in [6.45, 7) is 2.87. The van der Waals surface area contributed by atoms with E-state index in [1.54, 1.807) is 13.3 Å². The first-order valence-electron chi connectivity index (χ1n) is 8.18. The van der Waals surface area contributed by atoms with Crippen molar-refractivity contribution in [3.8, 4) is 17.6 Å². The molecule has 132 valence electrons. The maximum Gasteiger partial charge on any atom is 0.179 e. The number of nitrogens with one attached hydrogen (secondary N) is 1. The van der Waals surface area contributed by atoms with E-state index in [1.165, 1.54) is 0 Å². The van der Waals surface area contributed by atoms with Crippen molar-refractivity contribution in [2.75, 3.05) is 19.0 Å². The van der Waals surface area contributed by atoms with Crippen LogP contribution in [0.1, 0.15) is 18.1 Å². The Hall–Kier alpha value is -2.97. The molecule has 0 fully saturated rings. The van der Waals surface area contributed by atoms with Gasteiger partial charge in [0, 0.05) is 18.1 Å². The second-order valence-corrected chi connectivity index (χ2v) is 5.98. The molecule has 0 unspecified atom stereocenters. The van der Waals surface area contributed by atoms with Gasteiger partial charge in [-0.15, -0.1) is 0 Å². The summed E-state index contributed by atoms with van der Waals surface area (Å²) >= 11 is 6.33. The molecular weight excluding hydrogens is 350 g/mol. The molecule has 26 heavy (non-hydrogen) atoms. The number of hydrogen-bond donors (Lipinski definition) is 1. The summed E-state index contributed by atoms with van der Waals surface area (Å²) < 4.78 is 10.9. The van der Waals surface area contributed by atoms with E-state index < -0.39 is 0 Å². The van der Waals surface area contributed by atoms with Gasteiger partial charge in [0.25, 0.3) is 0 Å². The molecule has 0 aliphatic heterocycles. The lowest BCUT2D eigenvalue weighted by molar-refractivity contribution is 0.311. The second kappa shape index (κ2) is 7.94. The van der Waals surface area contributed by atoms with Crippen molar-refractivity contribution in [2.45, 2.75) is 13.5 Å². The van der Waals surface area contributed by atoms with Crippen LogP contribution < -0.4 is 14.8 Å². The van der Waals surface area contributed by atoms with Gasteiger partial charge < -0.3 is 14.8 Å². The van der Waals surface area contributed by atoms with Gasteiger partial charge in [-0.1, -0.05) is 29.8 Å². The van der Waals surface area contributed by atoms with E-state index in [9.17, 15) is 5.26 Å². The quantitative estimate of drug-likeness (QED) is 0.679. The number of benzene rings is 2. The number of anilines is 1. The van der Waals surface area contributed by atoms with Gasteiger partial charge in [0.05, 0.1) is 35.5 Å². The molecule has 0 bridgehead atoms. The Morgan fingerprint density at radius 1 is 1.27 bits per heavy atom. The van der Waals surface area contributed by atoms with Crippen LogP contribution in [0.2, 0.25) is 5.02 Å². The van der Waals surface area contributed by atoms with Crippen LogP contribution in [-0.2, 0) is 6.54 Å². The number of para-hydroxylation sites is 1. The number of aromatic nitrogens is 1. The van der Waals surface area contributed by atoms with Crippen LogP contribution in [0.25, 0.3) is 10.9 Å². The van der Waals surface area contributed by atoms with Crippen LogP contribution in [0.5, 0.6) is 11.5 Å². The van der Waals surface area contributed by atoms with Crippen molar-refractivity contribution in [1.29, 1.82) is 5.26 Å².